The molecule has 0 atom stereocenters. The molecule has 0 bridgehead atoms. The summed E-state index contributed by atoms with van der Waals surface area (Å²) in [5.74, 6) is 0.962. The van der Waals surface area contributed by atoms with Crippen molar-refractivity contribution < 1.29 is 14.3 Å². The topological polar surface area (TPSA) is 35.5 Å². The number of aldehydes is 1. The summed E-state index contributed by atoms with van der Waals surface area (Å²) < 4.78 is 11.6. The first-order valence-corrected chi connectivity index (χ1v) is 7.49. The Balaban J connectivity index is 2.27. The Hall–Kier alpha value is -1.23. The van der Waals surface area contributed by atoms with Crippen molar-refractivity contribution in [3.63, 3.8) is 0 Å². The van der Waals surface area contributed by atoms with Crippen LogP contribution >= 0.6 is 39.1 Å². The zero-order valence-corrected chi connectivity index (χ0v) is 14.1. The molecule has 6 heteroatoms. The van der Waals surface area contributed by atoms with E-state index >= 15 is 0 Å². The van der Waals surface area contributed by atoms with Crippen molar-refractivity contribution in [2.75, 3.05) is 7.11 Å². The summed E-state index contributed by atoms with van der Waals surface area (Å²) in [4.78, 5) is 10.9. The summed E-state index contributed by atoms with van der Waals surface area (Å²) >= 11 is 15.4. The van der Waals surface area contributed by atoms with Gasteiger partial charge in [0.1, 0.15) is 12.9 Å². The van der Waals surface area contributed by atoms with Gasteiger partial charge in [-0.05, 0) is 46.3 Å². The number of methoxy groups -OCH3 is 1. The minimum atomic E-state index is 0.231. The SMILES string of the molecule is COc1cc(C=O)cc(Br)c1OCc1cc(Cl)ccc1Cl. The molecule has 0 heterocycles. The highest BCUT2D eigenvalue weighted by Crippen LogP contribution is 2.37. The molecule has 0 aliphatic rings. The maximum atomic E-state index is 10.9. The molecule has 21 heavy (non-hydrogen) atoms. The van der Waals surface area contributed by atoms with E-state index in [1.165, 1.54) is 7.11 Å². The van der Waals surface area contributed by atoms with Crippen molar-refractivity contribution in [2.45, 2.75) is 6.61 Å². The second kappa shape index (κ2) is 7.16. The number of halogens is 3. The molecule has 0 saturated heterocycles. The molecule has 0 saturated carbocycles. The van der Waals surface area contributed by atoms with Crippen LogP contribution in [0.3, 0.4) is 0 Å². The lowest BCUT2D eigenvalue weighted by molar-refractivity contribution is 0.112. The van der Waals surface area contributed by atoms with Crippen LogP contribution in [0.4, 0.5) is 0 Å². The zero-order chi connectivity index (χ0) is 15.4. The molecule has 0 aromatic heterocycles. The zero-order valence-electron chi connectivity index (χ0n) is 11.0. The molecule has 2 rings (SSSR count). The summed E-state index contributed by atoms with van der Waals surface area (Å²) in [5.41, 5.74) is 1.25. The van der Waals surface area contributed by atoms with Crippen LogP contribution in [-0.4, -0.2) is 13.4 Å². The Labute approximate surface area is 140 Å². The van der Waals surface area contributed by atoms with Crippen molar-refractivity contribution in [2.24, 2.45) is 0 Å². The smallest absolute Gasteiger partial charge is 0.175 e. The van der Waals surface area contributed by atoms with Gasteiger partial charge in [0.25, 0.3) is 0 Å². The number of carbonyl (C=O) groups is 1. The van der Waals surface area contributed by atoms with Crippen molar-refractivity contribution in [1.82, 2.24) is 0 Å². The monoisotopic (exact) mass is 388 g/mol. The first-order valence-electron chi connectivity index (χ1n) is 5.94. The van der Waals surface area contributed by atoms with Crippen molar-refractivity contribution >= 4 is 45.4 Å². The van der Waals surface area contributed by atoms with E-state index in [-0.39, 0.29) is 6.61 Å². The Kier molecular flexibility index (Phi) is 5.51. The Morgan fingerprint density at radius 3 is 2.67 bits per heavy atom. The maximum Gasteiger partial charge on any atom is 0.175 e. The van der Waals surface area contributed by atoms with Crippen LogP contribution in [0, 0.1) is 0 Å². The lowest BCUT2D eigenvalue weighted by Gasteiger charge is -2.14. The lowest BCUT2D eigenvalue weighted by Crippen LogP contribution is -2.00. The summed E-state index contributed by atoms with van der Waals surface area (Å²) in [6.45, 7) is 0.231. The van der Waals surface area contributed by atoms with Gasteiger partial charge < -0.3 is 9.47 Å². The summed E-state index contributed by atoms with van der Waals surface area (Å²) in [6, 6.07) is 8.42. The minimum absolute atomic E-state index is 0.231. The Morgan fingerprint density at radius 2 is 2.00 bits per heavy atom. The van der Waals surface area contributed by atoms with Gasteiger partial charge in [-0.25, -0.2) is 0 Å². The quantitative estimate of drug-likeness (QED) is 0.663. The first-order chi connectivity index (χ1) is 10.0. The van der Waals surface area contributed by atoms with Gasteiger partial charge in [0, 0.05) is 21.2 Å². The third-order valence-corrected chi connectivity index (χ3v) is 3.96. The summed E-state index contributed by atoms with van der Waals surface area (Å²) in [7, 11) is 1.51. The molecule has 0 amide bonds. The minimum Gasteiger partial charge on any atom is -0.493 e. The molecule has 110 valence electrons. The summed E-state index contributed by atoms with van der Waals surface area (Å²) in [6.07, 6.45) is 0.741. The van der Waals surface area contributed by atoms with E-state index in [1.54, 1.807) is 30.3 Å². The summed E-state index contributed by atoms with van der Waals surface area (Å²) in [5, 5.41) is 1.15. The standard InChI is InChI=1S/C15H11BrCl2O3/c1-20-14-5-9(7-19)4-12(16)15(14)21-8-10-6-11(17)2-3-13(10)18/h2-7H,8H2,1H3. The van der Waals surface area contributed by atoms with E-state index in [0.717, 1.165) is 11.8 Å². The second-order valence-electron chi connectivity index (χ2n) is 4.18. The molecule has 0 radical (unpaired) electrons. The molecule has 0 aliphatic heterocycles. The van der Waals surface area contributed by atoms with E-state index in [4.69, 9.17) is 32.7 Å². The number of carbonyl (C=O) groups excluding carboxylic acids is 1. The van der Waals surface area contributed by atoms with Gasteiger partial charge in [0.05, 0.1) is 11.6 Å². The average Bonchev–Trinajstić information content (AvgIpc) is 2.48. The molecule has 2 aromatic rings. The van der Waals surface area contributed by atoms with Gasteiger partial charge in [-0.3, -0.25) is 4.79 Å². The van der Waals surface area contributed by atoms with Crippen molar-refractivity contribution in [1.29, 1.82) is 0 Å². The van der Waals surface area contributed by atoms with Gasteiger partial charge in [-0.1, -0.05) is 23.2 Å². The highest BCUT2D eigenvalue weighted by Gasteiger charge is 2.12. The molecule has 3 nitrogen and oxygen atoms in total. The third-order valence-electron chi connectivity index (χ3n) is 2.77. The second-order valence-corrected chi connectivity index (χ2v) is 5.87. The lowest BCUT2D eigenvalue weighted by atomic mass is 10.2. The van der Waals surface area contributed by atoms with Crippen LogP contribution in [0.2, 0.25) is 10.0 Å². The van der Waals surface area contributed by atoms with Gasteiger partial charge in [0.2, 0.25) is 0 Å². The fourth-order valence-electron chi connectivity index (χ4n) is 1.75. The number of benzene rings is 2. The highest BCUT2D eigenvalue weighted by atomic mass is 79.9. The molecular weight excluding hydrogens is 379 g/mol. The fraction of sp³-hybridized carbons (Fsp3) is 0.133. The van der Waals surface area contributed by atoms with Gasteiger partial charge in [0.15, 0.2) is 11.5 Å². The van der Waals surface area contributed by atoms with Crippen LogP contribution in [-0.2, 0) is 6.61 Å². The van der Waals surface area contributed by atoms with E-state index in [0.29, 0.717) is 31.6 Å². The largest absolute Gasteiger partial charge is 0.493 e. The van der Waals surface area contributed by atoms with Crippen LogP contribution in [0.15, 0.2) is 34.8 Å². The van der Waals surface area contributed by atoms with Gasteiger partial charge >= 0.3 is 0 Å². The van der Waals surface area contributed by atoms with Crippen LogP contribution in [0.25, 0.3) is 0 Å². The van der Waals surface area contributed by atoms with E-state index in [9.17, 15) is 4.79 Å². The van der Waals surface area contributed by atoms with Crippen LogP contribution in [0.1, 0.15) is 15.9 Å². The number of hydrogen-bond acceptors (Lipinski definition) is 3. The molecule has 0 spiro atoms. The van der Waals surface area contributed by atoms with Crippen LogP contribution < -0.4 is 9.47 Å². The van der Waals surface area contributed by atoms with E-state index in [2.05, 4.69) is 15.9 Å². The molecule has 0 fully saturated rings. The van der Waals surface area contributed by atoms with E-state index in [1.807, 2.05) is 0 Å². The number of rotatable bonds is 5. The Bertz CT molecular complexity index is 674. The number of ether oxygens (including phenoxy) is 2. The highest BCUT2D eigenvalue weighted by molar-refractivity contribution is 9.10. The third kappa shape index (κ3) is 3.90. The predicted molar refractivity (Wildman–Crippen MR) is 86.9 cm³/mol. The van der Waals surface area contributed by atoms with E-state index < -0.39 is 0 Å². The van der Waals surface area contributed by atoms with Crippen molar-refractivity contribution in [3.05, 3.63) is 56.0 Å². The molecule has 0 aliphatic carbocycles. The Morgan fingerprint density at radius 1 is 1.24 bits per heavy atom. The van der Waals surface area contributed by atoms with Crippen molar-refractivity contribution in [3.8, 4) is 11.5 Å². The number of hydrogen-bond donors (Lipinski definition) is 0. The average molecular weight is 390 g/mol. The molecule has 2 aromatic carbocycles. The molecule has 0 unspecified atom stereocenters. The van der Waals surface area contributed by atoms with Gasteiger partial charge in [-0.2, -0.15) is 0 Å². The molecular formula is C15H11BrCl2O3. The van der Waals surface area contributed by atoms with Crippen LogP contribution in [0.5, 0.6) is 11.5 Å². The van der Waals surface area contributed by atoms with Gasteiger partial charge in [-0.15, -0.1) is 0 Å². The first kappa shape index (κ1) is 16.1. The molecule has 0 N–H and O–H groups in total. The maximum absolute atomic E-state index is 10.9. The predicted octanol–water partition coefficient (Wildman–Crippen LogP) is 5.16. The normalized spacial score (nSPS) is 10.3. The fourth-order valence-corrected chi connectivity index (χ4v) is 2.69.